The fourth-order valence-electron chi connectivity index (χ4n) is 3.22. The third kappa shape index (κ3) is 4.56. The first-order chi connectivity index (χ1) is 14.5. The molecule has 0 radical (unpaired) electrons. The minimum atomic E-state index is -0.505. The molecule has 7 heteroatoms. The number of hydrogen-bond donors (Lipinski definition) is 0. The van der Waals surface area contributed by atoms with E-state index in [1.54, 1.807) is 30.4 Å². The molecular weight excluding hydrogens is 390 g/mol. The van der Waals surface area contributed by atoms with E-state index in [9.17, 15) is 13.6 Å². The van der Waals surface area contributed by atoms with Gasteiger partial charge in [-0.2, -0.15) is 0 Å². The summed E-state index contributed by atoms with van der Waals surface area (Å²) >= 11 is 0. The fourth-order valence-corrected chi connectivity index (χ4v) is 3.22. The second-order valence-corrected chi connectivity index (χ2v) is 6.56. The molecule has 1 aromatic heterocycles. The summed E-state index contributed by atoms with van der Waals surface area (Å²) in [5, 5.41) is 0.736. The van der Waals surface area contributed by atoms with Crippen molar-refractivity contribution in [1.82, 2.24) is 4.57 Å². The number of methoxy groups -OCH3 is 2. The minimum absolute atomic E-state index is 0.124. The van der Waals surface area contributed by atoms with Gasteiger partial charge in [0.2, 0.25) is 0 Å². The van der Waals surface area contributed by atoms with Gasteiger partial charge in [-0.25, -0.2) is 8.78 Å². The van der Waals surface area contributed by atoms with Crippen LogP contribution >= 0.6 is 0 Å². The molecular formula is C23H22F2N2O3. The maximum atomic E-state index is 14.5. The number of nitrogens with zero attached hydrogens (tertiary/aromatic N) is 2. The van der Waals surface area contributed by atoms with Crippen LogP contribution in [0.4, 0.5) is 8.78 Å². The molecule has 30 heavy (non-hydrogen) atoms. The van der Waals surface area contributed by atoms with Crippen molar-refractivity contribution in [2.75, 3.05) is 20.8 Å². The van der Waals surface area contributed by atoms with Gasteiger partial charge in [0.05, 0.1) is 32.0 Å². The Balaban J connectivity index is 2.17. The average molecular weight is 412 g/mol. The summed E-state index contributed by atoms with van der Waals surface area (Å²) in [6, 6.07) is 11.0. The van der Waals surface area contributed by atoms with Crippen molar-refractivity contribution < 1.29 is 23.0 Å². The summed E-state index contributed by atoms with van der Waals surface area (Å²) < 4.78 is 39.9. The summed E-state index contributed by atoms with van der Waals surface area (Å²) in [4.78, 5) is 15.8. The summed E-state index contributed by atoms with van der Waals surface area (Å²) in [5.41, 5.74) is 2.52. The number of halogens is 2. The van der Waals surface area contributed by atoms with Crippen LogP contribution in [0.2, 0.25) is 0 Å². The summed E-state index contributed by atoms with van der Waals surface area (Å²) in [6.07, 6.45) is 3.57. The Bertz CT molecular complexity index is 1130. The molecule has 156 valence electrons. The first-order valence-corrected chi connectivity index (χ1v) is 9.32. The third-order valence-electron chi connectivity index (χ3n) is 4.61. The van der Waals surface area contributed by atoms with Crippen molar-refractivity contribution >= 4 is 22.6 Å². The van der Waals surface area contributed by atoms with E-state index in [0.717, 1.165) is 5.39 Å². The first-order valence-electron chi connectivity index (χ1n) is 9.32. The van der Waals surface area contributed by atoms with Crippen LogP contribution in [0.1, 0.15) is 6.92 Å². The Hall–Kier alpha value is -3.48. The second-order valence-electron chi connectivity index (χ2n) is 6.56. The predicted molar refractivity (Wildman–Crippen MR) is 113 cm³/mol. The number of hydrogen-bond acceptors (Lipinski definition) is 4. The molecule has 3 rings (SSSR count). The highest BCUT2D eigenvalue weighted by Gasteiger charge is 2.16. The lowest BCUT2D eigenvalue weighted by molar-refractivity contribution is -0.138. The zero-order valence-electron chi connectivity index (χ0n) is 17.0. The number of ether oxygens (including phenoxy) is 2. The molecule has 0 N–H and O–H groups in total. The van der Waals surface area contributed by atoms with Crippen LogP contribution in [0.5, 0.6) is 5.75 Å². The largest absolute Gasteiger partial charge is 0.494 e. The zero-order chi connectivity index (χ0) is 21.7. The van der Waals surface area contributed by atoms with Crippen molar-refractivity contribution in [2.24, 2.45) is 4.99 Å². The van der Waals surface area contributed by atoms with E-state index in [-0.39, 0.29) is 24.7 Å². The monoisotopic (exact) mass is 412 g/mol. The van der Waals surface area contributed by atoms with Crippen LogP contribution in [0, 0.1) is 11.6 Å². The second kappa shape index (κ2) is 9.35. The van der Waals surface area contributed by atoms with Crippen molar-refractivity contribution in [2.45, 2.75) is 13.5 Å². The molecule has 0 saturated heterocycles. The van der Waals surface area contributed by atoms with Crippen LogP contribution < -0.4 is 4.74 Å². The molecule has 0 aliphatic heterocycles. The van der Waals surface area contributed by atoms with Crippen LogP contribution in [0.25, 0.3) is 22.2 Å². The number of allylic oxidation sites excluding steroid dienone is 2. The van der Waals surface area contributed by atoms with E-state index < -0.39 is 11.8 Å². The topological polar surface area (TPSA) is 52.8 Å². The number of rotatable bonds is 7. The fraction of sp³-hybridized carbons (Fsp3) is 0.217. The van der Waals surface area contributed by atoms with E-state index in [4.69, 9.17) is 4.74 Å². The van der Waals surface area contributed by atoms with Gasteiger partial charge in [-0.05, 0) is 37.3 Å². The number of aliphatic imine (C=N–C) groups is 1. The van der Waals surface area contributed by atoms with Crippen LogP contribution in [0.15, 0.2) is 59.6 Å². The molecule has 5 nitrogen and oxygen atoms in total. The highest BCUT2D eigenvalue weighted by molar-refractivity contribution is 5.98. The Morgan fingerprint density at radius 2 is 1.97 bits per heavy atom. The molecule has 0 aliphatic rings. The number of benzene rings is 2. The number of esters is 1. The van der Waals surface area contributed by atoms with Gasteiger partial charge >= 0.3 is 5.97 Å². The van der Waals surface area contributed by atoms with Gasteiger partial charge in [-0.3, -0.25) is 9.79 Å². The minimum Gasteiger partial charge on any atom is -0.494 e. The number of aromatic nitrogens is 1. The summed E-state index contributed by atoms with van der Waals surface area (Å²) in [5.74, 6) is -1.22. The molecule has 2 aromatic carbocycles. The van der Waals surface area contributed by atoms with Crippen LogP contribution in [-0.2, 0) is 16.1 Å². The molecule has 3 aromatic rings. The van der Waals surface area contributed by atoms with Gasteiger partial charge in [0, 0.05) is 22.7 Å². The molecule has 0 saturated carbocycles. The van der Waals surface area contributed by atoms with E-state index in [1.807, 2.05) is 17.6 Å². The van der Waals surface area contributed by atoms with Gasteiger partial charge < -0.3 is 14.0 Å². The maximum absolute atomic E-state index is 14.5. The van der Waals surface area contributed by atoms with Crippen molar-refractivity contribution in [3.63, 3.8) is 0 Å². The molecule has 0 amide bonds. The molecule has 0 bridgehead atoms. The highest BCUT2D eigenvalue weighted by atomic mass is 19.1. The maximum Gasteiger partial charge on any atom is 0.327 e. The molecule has 0 unspecified atom stereocenters. The smallest absolute Gasteiger partial charge is 0.327 e. The van der Waals surface area contributed by atoms with E-state index in [0.29, 0.717) is 22.5 Å². The number of fused-ring (bicyclic) bond motifs is 1. The molecule has 0 aliphatic carbocycles. The van der Waals surface area contributed by atoms with Crippen LogP contribution in [-0.4, -0.2) is 37.0 Å². The van der Waals surface area contributed by atoms with Gasteiger partial charge in [0.1, 0.15) is 12.4 Å². The van der Waals surface area contributed by atoms with E-state index >= 15 is 0 Å². The molecule has 0 atom stereocenters. The number of carbonyl (C=O) groups is 1. The highest BCUT2D eigenvalue weighted by Crippen LogP contribution is 2.32. The summed E-state index contributed by atoms with van der Waals surface area (Å²) in [6.45, 7) is 1.95. The Morgan fingerprint density at radius 3 is 2.63 bits per heavy atom. The van der Waals surface area contributed by atoms with E-state index in [2.05, 4.69) is 9.73 Å². The predicted octanol–water partition coefficient (Wildman–Crippen LogP) is 4.79. The van der Waals surface area contributed by atoms with Crippen molar-refractivity contribution in [1.29, 1.82) is 0 Å². The van der Waals surface area contributed by atoms with E-state index in [1.165, 1.54) is 32.4 Å². The summed E-state index contributed by atoms with van der Waals surface area (Å²) in [7, 11) is 2.70. The Labute approximate surface area is 173 Å². The molecule has 0 spiro atoms. The van der Waals surface area contributed by atoms with Gasteiger partial charge in [-0.15, -0.1) is 0 Å². The third-order valence-corrected chi connectivity index (χ3v) is 4.61. The number of carbonyl (C=O) groups excluding carboxylic acids is 1. The molecule has 1 heterocycles. The van der Waals surface area contributed by atoms with Crippen molar-refractivity contribution in [3.8, 4) is 17.0 Å². The quantitative estimate of drug-likeness (QED) is 0.414. The molecule has 0 fully saturated rings. The van der Waals surface area contributed by atoms with Gasteiger partial charge in [-0.1, -0.05) is 18.2 Å². The van der Waals surface area contributed by atoms with Crippen molar-refractivity contribution in [3.05, 3.63) is 66.3 Å². The Kier molecular flexibility index (Phi) is 6.61. The lowest BCUT2D eigenvalue weighted by Crippen LogP contribution is -2.13. The normalized spacial score (nSPS) is 12.0. The lowest BCUT2D eigenvalue weighted by Gasteiger charge is -2.12. The first kappa shape index (κ1) is 21.2. The van der Waals surface area contributed by atoms with Crippen LogP contribution in [0.3, 0.4) is 0 Å². The zero-order valence-corrected chi connectivity index (χ0v) is 17.0. The lowest BCUT2D eigenvalue weighted by atomic mass is 10.1. The van der Waals surface area contributed by atoms with Gasteiger partial charge in [0.15, 0.2) is 11.6 Å². The standard InChI is InChI=1S/C23H22F2N2O3/c1-4-6-18(26-13-23(28)30-3)14-27-20(15-7-5-8-17(24)9-15)10-16-11-22(29-2)19(25)12-21(16)27/h4-12H,13-14H2,1-3H3/b6-4-,26-18?. The SMILES string of the molecule is C/C=C\C(Cn1c(-c2cccc(F)c2)cc2cc(OC)c(F)cc21)=NCC(=O)OC. The van der Waals surface area contributed by atoms with Gasteiger partial charge in [0.25, 0.3) is 0 Å². The Morgan fingerprint density at radius 1 is 1.17 bits per heavy atom. The average Bonchev–Trinajstić information content (AvgIpc) is 3.08.